The monoisotopic (exact) mass is 273 g/mol. The van der Waals surface area contributed by atoms with Gasteiger partial charge >= 0.3 is 0 Å². The van der Waals surface area contributed by atoms with E-state index < -0.39 is 15.8 Å². The molecule has 4 nitrogen and oxygen atoms in total. The standard InChI is InChI=1S/C12H16FNO3S/c1-9-7-11(4-5-12(9)13)18(15,16)14-8-10-3-2-6-17-10/h4-5,7,10,14H,2-3,6,8H2,1H3/t10-/m1/s1. The number of sulfonamides is 1. The molecule has 1 aliphatic rings. The van der Waals surface area contributed by atoms with Crippen LogP contribution in [0.2, 0.25) is 0 Å². The molecule has 100 valence electrons. The zero-order valence-corrected chi connectivity index (χ0v) is 11.0. The van der Waals surface area contributed by atoms with Gasteiger partial charge in [-0.2, -0.15) is 0 Å². The molecule has 2 rings (SSSR count). The average Bonchev–Trinajstić information content (AvgIpc) is 2.83. The summed E-state index contributed by atoms with van der Waals surface area (Å²) in [6.07, 6.45) is 1.77. The Morgan fingerprint density at radius 1 is 1.50 bits per heavy atom. The molecular weight excluding hydrogens is 257 g/mol. The van der Waals surface area contributed by atoms with Gasteiger partial charge in [-0.15, -0.1) is 0 Å². The highest BCUT2D eigenvalue weighted by Gasteiger charge is 2.20. The van der Waals surface area contributed by atoms with Crippen LogP contribution in [0.15, 0.2) is 23.1 Å². The summed E-state index contributed by atoms with van der Waals surface area (Å²) < 4.78 is 44.8. The predicted octanol–water partition coefficient (Wildman–Crippen LogP) is 1.59. The van der Waals surface area contributed by atoms with E-state index >= 15 is 0 Å². The SMILES string of the molecule is Cc1cc(S(=O)(=O)NC[C@H]2CCCO2)ccc1F. The van der Waals surface area contributed by atoms with Crippen LogP contribution < -0.4 is 4.72 Å². The normalized spacial score (nSPS) is 20.2. The molecule has 0 bridgehead atoms. The van der Waals surface area contributed by atoms with Crippen molar-refractivity contribution in [1.82, 2.24) is 4.72 Å². The van der Waals surface area contributed by atoms with E-state index in [4.69, 9.17) is 4.74 Å². The van der Waals surface area contributed by atoms with E-state index in [1.807, 2.05) is 0 Å². The Hall–Kier alpha value is -0.980. The largest absolute Gasteiger partial charge is 0.377 e. The first-order chi connectivity index (χ1) is 8.49. The Labute approximate surface area is 106 Å². The molecule has 0 unspecified atom stereocenters. The Bertz CT molecular complexity index is 524. The van der Waals surface area contributed by atoms with E-state index in [2.05, 4.69) is 4.72 Å². The minimum Gasteiger partial charge on any atom is -0.377 e. The molecule has 1 saturated heterocycles. The van der Waals surface area contributed by atoms with Crippen LogP contribution in [0.3, 0.4) is 0 Å². The third-order valence-corrected chi connectivity index (χ3v) is 4.39. The van der Waals surface area contributed by atoms with Crippen molar-refractivity contribution in [1.29, 1.82) is 0 Å². The van der Waals surface area contributed by atoms with Gasteiger partial charge in [-0.05, 0) is 43.5 Å². The Kier molecular flexibility index (Phi) is 3.99. The predicted molar refractivity (Wildman–Crippen MR) is 65.3 cm³/mol. The van der Waals surface area contributed by atoms with Crippen LogP contribution in [0.5, 0.6) is 0 Å². The van der Waals surface area contributed by atoms with Gasteiger partial charge in [0.05, 0.1) is 11.0 Å². The van der Waals surface area contributed by atoms with Crippen LogP contribution in [-0.2, 0) is 14.8 Å². The number of halogens is 1. The Morgan fingerprint density at radius 3 is 2.89 bits per heavy atom. The Balaban J connectivity index is 2.07. The smallest absolute Gasteiger partial charge is 0.240 e. The van der Waals surface area contributed by atoms with Gasteiger partial charge in [0.25, 0.3) is 0 Å². The zero-order chi connectivity index (χ0) is 13.2. The molecule has 1 atom stereocenters. The van der Waals surface area contributed by atoms with Gasteiger partial charge in [-0.3, -0.25) is 0 Å². The van der Waals surface area contributed by atoms with Crippen molar-refractivity contribution in [3.8, 4) is 0 Å². The molecule has 0 aliphatic carbocycles. The van der Waals surface area contributed by atoms with E-state index in [0.29, 0.717) is 12.2 Å². The highest BCUT2D eigenvalue weighted by molar-refractivity contribution is 7.89. The van der Waals surface area contributed by atoms with E-state index in [-0.39, 0.29) is 17.5 Å². The second-order valence-corrected chi connectivity index (χ2v) is 6.16. The quantitative estimate of drug-likeness (QED) is 0.906. The maximum absolute atomic E-state index is 13.1. The number of rotatable bonds is 4. The maximum Gasteiger partial charge on any atom is 0.240 e. The number of ether oxygens (including phenoxy) is 1. The number of aryl methyl sites for hydroxylation is 1. The summed E-state index contributed by atoms with van der Waals surface area (Å²) in [6.45, 7) is 2.48. The molecule has 1 aliphatic heterocycles. The minimum absolute atomic E-state index is 0.0543. The van der Waals surface area contributed by atoms with Crippen LogP contribution in [-0.4, -0.2) is 27.7 Å². The van der Waals surface area contributed by atoms with Crippen LogP contribution in [0.1, 0.15) is 18.4 Å². The fourth-order valence-electron chi connectivity index (χ4n) is 1.88. The van der Waals surface area contributed by atoms with Crippen LogP contribution in [0.4, 0.5) is 4.39 Å². The molecule has 6 heteroatoms. The maximum atomic E-state index is 13.1. The Morgan fingerprint density at radius 2 is 2.28 bits per heavy atom. The number of nitrogens with one attached hydrogen (secondary N) is 1. The number of hydrogen-bond acceptors (Lipinski definition) is 3. The first-order valence-corrected chi connectivity index (χ1v) is 7.35. The highest BCUT2D eigenvalue weighted by atomic mass is 32.2. The minimum atomic E-state index is -3.58. The summed E-state index contributed by atoms with van der Waals surface area (Å²) in [5.41, 5.74) is 0.315. The van der Waals surface area contributed by atoms with Crippen molar-refractivity contribution < 1.29 is 17.5 Å². The molecule has 0 aromatic heterocycles. The van der Waals surface area contributed by atoms with Gasteiger partial charge < -0.3 is 4.74 Å². The molecule has 1 N–H and O–H groups in total. The summed E-state index contributed by atoms with van der Waals surface area (Å²) in [5, 5.41) is 0. The molecule has 0 radical (unpaired) electrons. The van der Waals surface area contributed by atoms with Gasteiger partial charge in [-0.25, -0.2) is 17.5 Å². The molecule has 0 amide bonds. The fraction of sp³-hybridized carbons (Fsp3) is 0.500. The summed E-state index contributed by atoms with van der Waals surface area (Å²) in [4.78, 5) is 0.0828. The average molecular weight is 273 g/mol. The molecule has 0 saturated carbocycles. The molecule has 18 heavy (non-hydrogen) atoms. The molecule has 1 fully saturated rings. The van der Waals surface area contributed by atoms with Crippen LogP contribution in [0, 0.1) is 12.7 Å². The summed E-state index contributed by atoms with van der Waals surface area (Å²) in [5.74, 6) is -0.409. The lowest BCUT2D eigenvalue weighted by Gasteiger charge is -2.11. The second kappa shape index (κ2) is 5.34. The van der Waals surface area contributed by atoms with Crippen LogP contribution >= 0.6 is 0 Å². The third-order valence-electron chi connectivity index (χ3n) is 2.96. The van der Waals surface area contributed by atoms with Crippen molar-refractivity contribution in [3.05, 3.63) is 29.6 Å². The topological polar surface area (TPSA) is 55.4 Å². The molecule has 1 heterocycles. The van der Waals surface area contributed by atoms with Crippen molar-refractivity contribution >= 4 is 10.0 Å². The summed E-state index contributed by atoms with van der Waals surface area (Å²) in [6, 6.07) is 3.75. The van der Waals surface area contributed by atoms with E-state index in [0.717, 1.165) is 18.9 Å². The molecule has 1 aromatic rings. The van der Waals surface area contributed by atoms with E-state index in [1.165, 1.54) is 19.1 Å². The third kappa shape index (κ3) is 3.07. The number of hydrogen-bond donors (Lipinski definition) is 1. The summed E-state index contributed by atoms with van der Waals surface area (Å²) >= 11 is 0. The first kappa shape index (κ1) is 13.5. The van der Waals surface area contributed by atoms with Gasteiger partial charge in [0.2, 0.25) is 10.0 Å². The highest BCUT2D eigenvalue weighted by Crippen LogP contribution is 2.15. The molecule has 0 spiro atoms. The van der Waals surface area contributed by atoms with Gasteiger partial charge in [0, 0.05) is 13.2 Å². The van der Waals surface area contributed by atoms with E-state index in [9.17, 15) is 12.8 Å². The van der Waals surface area contributed by atoms with Crippen molar-refractivity contribution in [2.75, 3.05) is 13.2 Å². The van der Waals surface area contributed by atoms with E-state index in [1.54, 1.807) is 0 Å². The van der Waals surface area contributed by atoms with Crippen LogP contribution in [0.25, 0.3) is 0 Å². The molecular formula is C12H16FNO3S. The van der Waals surface area contributed by atoms with Gasteiger partial charge in [0.15, 0.2) is 0 Å². The van der Waals surface area contributed by atoms with Gasteiger partial charge in [0.1, 0.15) is 5.82 Å². The van der Waals surface area contributed by atoms with Gasteiger partial charge in [-0.1, -0.05) is 0 Å². The molecule has 1 aromatic carbocycles. The lowest BCUT2D eigenvalue weighted by Crippen LogP contribution is -2.31. The lowest BCUT2D eigenvalue weighted by molar-refractivity contribution is 0.114. The lowest BCUT2D eigenvalue weighted by atomic mass is 10.2. The summed E-state index contributed by atoms with van der Waals surface area (Å²) in [7, 11) is -3.58. The first-order valence-electron chi connectivity index (χ1n) is 5.86. The van der Waals surface area contributed by atoms with Crippen molar-refractivity contribution in [2.24, 2.45) is 0 Å². The zero-order valence-electron chi connectivity index (χ0n) is 10.1. The van der Waals surface area contributed by atoms with Crippen molar-refractivity contribution in [2.45, 2.75) is 30.8 Å². The van der Waals surface area contributed by atoms with Crippen molar-refractivity contribution in [3.63, 3.8) is 0 Å². The second-order valence-electron chi connectivity index (χ2n) is 4.40. The fourth-order valence-corrected chi connectivity index (χ4v) is 3.03. The number of benzene rings is 1.